The maximum Gasteiger partial charge on any atom is 0.118 e. The maximum absolute atomic E-state index is 5.05. The number of thioether (sulfide) groups is 1. The Morgan fingerprint density at radius 3 is 2.50 bits per heavy atom. The molecule has 0 saturated carbocycles. The molecule has 0 bridgehead atoms. The molecule has 0 N–H and O–H groups in total. The molecule has 0 aliphatic heterocycles. The summed E-state index contributed by atoms with van der Waals surface area (Å²) in [6, 6.07) is 8.14. The molecule has 0 amide bonds. The molecule has 0 unspecified atom stereocenters. The van der Waals surface area contributed by atoms with Gasteiger partial charge in [-0.3, -0.25) is 0 Å². The van der Waals surface area contributed by atoms with E-state index in [1.165, 1.54) is 5.56 Å². The highest BCUT2D eigenvalue weighted by Gasteiger charge is 1.92. The van der Waals surface area contributed by atoms with E-state index in [-0.39, 0.29) is 0 Å². The molecule has 1 aromatic rings. The second-order valence-corrected chi connectivity index (χ2v) is 3.51. The predicted octanol–water partition coefficient (Wildman–Crippen LogP) is 2.76. The van der Waals surface area contributed by atoms with Gasteiger partial charge in [-0.2, -0.15) is 11.8 Å². The standard InChI is InChI=1S/C10H13OS/c1-3-12-8-9-4-6-10(11-2)7-5-9/h4-7H,1,3,8H2,2H3. The SMILES string of the molecule is [CH2]CSCc1ccc(OC)cc1. The van der Waals surface area contributed by atoms with Gasteiger partial charge in [0.05, 0.1) is 7.11 Å². The molecule has 1 rings (SSSR count). The summed E-state index contributed by atoms with van der Waals surface area (Å²) < 4.78 is 5.05. The van der Waals surface area contributed by atoms with E-state index in [4.69, 9.17) is 4.74 Å². The molecular weight excluding hydrogens is 168 g/mol. The molecule has 1 nitrogen and oxygen atoms in total. The van der Waals surface area contributed by atoms with Gasteiger partial charge in [0.15, 0.2) is 0 Å². The molecule has 0 spiro atoms. The van der Waals surface area contributed by atoms with Crippen LogP contribution in [0.25, 0.3) is 0 Å². The van der Waals surface area contributed by atoms with Crippen molar-refractivity contribution in [3.63, 3.8) is 0 Å². The number of methoxy groups -OCH3 is 1. The lowest BCUT2D eigenvalue weighted by Crippen LogP contribution is -1.84. The van der Waals surface area contributed by atoms with Gasteiger partial charge in [-0.05, 0) is 30.4 Å². The van der Waals surface area contributed by atoms with Crippen molar-refractivity contribution in [3.8, 4) is 5.75 Å². The van der Waals surface area contributed by atoms with Crippen molar-refractivity contribution in [3.05, 3.63) is 36.8 Å². The summed E-state index contributed by atoms with van der Waals surface area (Å²) in [5, 5.41) is 0. The summed E-state index contributed by atoms with van der Waals surface area (Å²) in [7, 11) is 1.68. The smallest absolute Gasteiger partial charge is 0.118 e. The number of benzene rings is 1. The normalized spacial score (nSPS) is 9.83. The second-order valence-electron chi connectivity index (χ2n) is 2.40. The van der Waals surface area contributed by atoms with E-state index >= 15 is 0 Å². The molecule has 0 aromatic heterocycles. The van der Waals surface area contributed by atoms with Crippen LogP contribution in [-0.4, -0.2) is 12.9 Å². The van der Waals surface area contributed by atoms with E-state index in [9.17, 15) is 0 Å². The number of rotatable bonds is 4. The fourth-order valence-corrected chi connectivity index (χ4v) is 1.48. The van der Waals surface area contributed by atoms with Gasteiger partial charge in [-0.15, -0.1) is 0 Å². The van der Waals surface area contributed by atoms with Crippen LogP contribution in [0.3, 0.4) is 0 Å². The van der Waals surface area contributed by atoms with E-state index in [2.05, 4.69) is 19.1 Å². The van der Waals surface area contributed by atoms with Crippen LogP contribution in [0.4, 0.5) is 0 Å². The Bertz CT molecular complexity index is 218. The molecule has 65 valence electrons. The average molecular weight is 181 g/mol. The number of hydrogen-bond acceptors (Lipinski definition) is 2. The first-order chi connectivity index (χ1) is 5.86. The van der Waals surface area contributed by atoms with Crippen LogP contribution in [0.1, 0.15) is 5.56 Å². The Kier molecular flexibility index (Phi) is 4.01. The van der Waals surface area contributed by atoms with Crippen LogP contribution in [0.5, 0.6) is 5.75 Å². The van der Waals surface area contributed by atoms with Crippen LogP contribution >= 0.6 is 11.8 Å². The quantitative estimate of drug-likeness (QED) is 0.706. The van der Waals surface area contributed by atoms with E-state index in [1.807, 2.05) is 23.9 Å². The van der Waals surface area contributed by atoms with Crippen LogP contribution in [-0.2, 0) is 5.75 Å². The Morgan fingerprint density at radius 2 is 2.00 bits per heavy atom. The molecule has 2 heteroatoms. The first kappa shape index (κ1) is 9.46. The summed E-state index contributed by atoms with van der Waals surface area (Å²) in [6.07, 6.45) is 0. The molecule has 0 heterocycles. The first-order valence-corrected chi connectivity index (χ1v) is 5.02. The second kappa shape index (κ2) is 5.09. The van der Waals surface area contributed by atoms with Gasteiger partial charge in [0.1, 0.15) is 5.75 Å². The summed E-state index contributed by atoms with van der Waals surface area (Å²) in [4.78, 5) is 0. The van der Waals surface area contributed by atoms with E-state index in [0.717, 1.165) is 17.3 Å². The van der Waals surface area contributed by atoms with Gasteiger partial charge in [-0.25, -0.2) is 0 Å². The van der Waals surface area contributed by atoms with Crippen molar-refractivity contribution in [1.29, 1.82) is 0 Å². The summed E-state index contributed by atoms with van der Waals surface area (Å²) in [6.45, 7) is 3.77. The topological polar surface area (TPSA) is 9.23 Å². The van der Waals surface area contributed by atoms with Gasteiger partial charge in [-0.1, -0.05) is 12.1 Å². The van der Waals surface area contributed by atoms with E-state index in [0.29, 0.717) is 0 Å². The Morgan fingerprint density at radius 1 is 1.33 bits per heavy atom. The summed E-state index contributed by atoms with van der Waals surface area (Å²) in [5.74, 6) is 2.87. The summed E-state index contributed by atoms with van der Waals surface area (Å²) in [5.41, 5.74) is 1.32. The van der Waals surface area contributed by atoms with Gasteiger partial charge >= 0.3 is 0 Å². The van der Waals surface area contributed by atoms with Crippen molar-refractivity contribution in [2.24, 2.45) is 0 Å². The highest BCUT2D eigenvalue weighted by molar-refractivity contribution is 7.98. The third-order valence-corrected chi connectivity index (χ3v) is 2.40. The third-order valence-electron chi connectivity index (χ3n) is 1.57. The minimum atomic E-state index is 0.915. The Balaban J connectivity index is 2.53. The fourth-order valence-electron chi connectivity index (χ4n) is 0.912. The third kappa shape index (κ3) is 2.78. The number of hydrogen-bond donors (Lipinski definition) is 0. The zero-order valence-corrected chi connectivity index (χ0v) is 8.06. The molecule has 1 radical (unpaired) electrons. The Hall–Kier alpha value is -0.630. The van der Waals surface area contributed by atoms with E-state index in [1.54, 1.807) is 7.11 Å². The molecule has 0 fully saturated rings. The zero-order valence-electron chi connectivity index (χ0n) is 7.25. The van der Waals surface area contributed by atoms with Crippen LogP contribution in [0.15, 0.2) is 24.3 Å². The minimum Gasteiger partial charge on any atom is -0.497 e. The maximum atomic E-state index is 5.05. The minimum absolute atomic E-state index is 0.915. The lowest BCUT2D eigenvalue weighted by atomic mass is 10.2. The highest BCUT2D eigenvalue weighted by Crippen LogP contribution is 2.15. The van der Waals surface area contributed by atoms with Crippen molar-refractivity contribution in [2.45, 2.75) is 5.75 Å². The van der Waals surface area contributed by atoms with Gasteiger partial charge in [0.25, 0.3) is 0 Å². The lowest BCUT2D eigenvalue weighted by Gasteiger charge is -2.01. The van der Waals surface area contributed by atoms with Crippen molar-refractivity contribution in [2.75, 3.05) is 12.9 Å². The molecule has 12 heavy (non-hydrogen) atoms. The highest BCUT2D eigenvalue weighted by atomic mass is 32.2. The Labute approximate surface area is 78.1 Å². The van der Waals surface area contributed by atoms with Crippen molar-refractivity contribution >= 4 is 11.8 Å². The summed E-state index contributed by atoms with van der Waals surface area (Å²) >= 11 is 1.82. The lowest BCUT2D eigenvalue weighted by molar-refractivity contribution is 0.414. The molecule has 1 aromatic carbocycles. The zero-order chi connectivity index (χ0) is 8.81. The van der Waals surface area contributed by atoms with Crippen LogP contribution in [0, 0.1) is 6.92 Å². The average Bonchev–Trinajstić information content (AvgIpc) is 2.15. The van der Waals surface area contributed by atoms with Crippen LogP contribution in [0.2, 0.25) is 0 Å². The molecule has 0 aliphatic carbocycles. The van der Waals surface area contributed by atoms with Crippen LogP contribution < -0.4 is 4.74 Å². The molecule has 0 aliphatic rings. The van der Waals surface area contributed by atoms with Gasteiger partial charge < -0.3 is 4.74 Å². The van der Waals surface area contributed by atoms with Crippen molar-refractivity contribution in [1.82, 2.24) is 0 Å². The van der Waals surface area contributed by atoms with E-state index < -0.39 is 0 Å². The molecular formula is C10H13OS. The first-order valence-electron chi connectivity index (χ1n) is 3.86. The largest absolute Gasteiger partial charge is 0.497 e. The van der Waals surface area contributed by atoms with Gasteiger partial charge in [0, 0.05) is 5.75 Å². The predicted molar refractivity (Wildman–Crippen MR) is 54.5 cm³/mol. The van der Waals surface area contributed by atoms with Crippen molar-refractivity contribution < 1.29 is 4.74 Å². The number of ether oxygens (including phenoxy) is 1. The monoisotopic (exact) mass is 181 g/mol. The van der Waals surface area contributed by atoms with Gasteiger partial charge in [0.2, 0.25) is 0 Å². The molecule has 0 saturated heterocycles. The fraction of sp³-hybridized carbons (Fsp3) is 0.300. The molecule has 0 atom stereocenters.